The summed E-state index contributed by atoms with van der Waals surface area (Å²) in [6.07, 6.45) is 22.6. The Bertz CT molecular complexity index is 375. The summed E-state index contributed by atoms with van der Waals surface area (Å²) in [6.45, 7) is 12.9. The van der Waals surface area contributed by atoms with Gasteiger partial charge < -0.3 is 31.2 Å². The van der Waals surface area contributed by atoms with E-state index in [0.29, 0.717) is 13.2 Å². The van der Waals surface area contributed by atoms with Crippen LogP contribution in [0.15, 0.2) is 0 Å². The molecule has 0 aromatic rings. The lowest BCUT2D eigenvalue weighted by atomic mass is 10.0. The van der Waals surface area contributed by atoms with Crippen molar-refractivity contribution in [1.29, 1.82) is 0 Å². The molecule has 1 unspecified atom stereocenters. The Hall–Kier alpha value is -0.240. The van der Waals surface area contributed by atoms with Gasteiger partial charge >= 0.3 is 0 Å². The molecule has 0 aromatic heterocycles. The number of unbranched alkanes of at least 4 members (excludes halogenated alkanes) is 15. The third kappa shape index (κ3) is 29.9. The van der Waals surface area contributed by atoms with Crippen molar-refractivity contribution in [2.75, 3.05) is 65.6 Å². The molecule has 0 saturated carbocycles. The Kier molecular flexibility index (Phi) is 31.6. The summed E-state index contributed by atoms with van der Waals surface area (Å²) >= 11 is 0. The second kappa shape index (κ2) is 31.8. The Morgan fingerprint density at radius 2 is 1.03 bits per heavy atom. The van der Waals surface area contributed by atoms with Gasteiger partial charge in [0.25, 0.3) is 0 Å². The van der Waals surface area contributed by atoms with Gasteiger partial charge in [-0.05, 0) is 13.3 Å². The van der Waals surface area contributed by atoms with Gasteiger partial charge in [-0.15, -0.1) is 0 Å². The van der Waals surface area contributed by atoms with Crippen LogP contribution in [0.5, 0.6) is 0 Å². The number of hydrogen-bond acceptors (Lipinski definition) is 6. The van der Waals surface area contributed by atoms with Crippen LogP contribution in [0.2, 0.25) is 0 Å². The Labute approximate surface area is 219 Å². The molecule has 212 valence electrons. The minimum Gasteiger partial charge on any atom is -0.379 e. The molecule has 0 aliphatic carbocycles. The molecular weight excluding hydrogens is 436 g/mol. The third-order valence-electron chi connectivity index (χ3n) is 6.50. The van der Waals surface area contributed by atoms with E-state index in [1.165, 1.54) is 103 Å². The number of nitrogens with one attached hydrogen (secondary N) is 3. The maximum Gasteiger partial charge on any atom is 0.0932 e. The van der Waals surface area contributed by atoms with Gasteiger partial charge in [0, 0.05) is 59.0 Å². The summed E-state index contributed by atoms with van der Waals surface area (Å²) < 4.78 is 11.7. The zero-order valence-electron chi connectivity index (χ0n) is 23.9. The molecule has 6 nitrogen and oxygen atoms in total. The van der Waals surface area contributed by atoms with E-state index in [9.17, 15) is 0 Å². The lowest BCUT2D eigenvalue weighted by Gasteiger charge is -2.18. The summed E-state index contributed by atoms with van der Waals surface area (Å²) in [5.74, 6) is 0. The van der Waals surface area contributed by atoms with Crippen molar-refractivity contribution in [1.82, 2.24) is 16.0 Å². The molecule has 6 heteroatoms. The molecule has 0 radical (unpaired) electrons. The van der Waals surface area contributed by atoms with Crippen LogP contribution in [-0.4, -0.2) is 71.7 Å². The van der Waals surface area contributed by atoms with E-state index in [4.69, 9.17) is 15.2 Å². The monoisotopic (exact) mass is 501 g/mol. The van der Waals surface area contributed by atoms with Crippen LogP contribution in [-0.2, 0) is 9.47 Å². The Morgan fingerprint density at radius 3 is 1.51 bits per heavy atom. The second-order valence-electron chi connectivity index (χ2n) is 9.95. The highest BCUT2D eigenvalue weighted by Gasteiger charge is 2.08. The molecule has 1 atom stereocenters. The Morgan fingerprint density at radius 1 is 0.571 bits per heavy atom. The molecule has 0 saturated heterocycles. The standard InChI is InChI=1S/C29H64N4O2/c1-3-5-6-7-8-9-10-11-12-13-14-15-16-17-18-19-26-34-28-29(35-4-2)27-33-25-24-32-23-22-31-21-20-30/h29,31-33H,3-28,30H2,1-2H3. The predicted octanol–water partition coefficient (Wildman–Crippen LogP) is 5.40. The minimum atomic E-state index is 0.146. The summed E-state index contributed by atoms with van der Waals surface area (Å²) in [4.78, 5) is 0. The highest BCUT2D eigenvalue weighted by Crippen LogP contribution is 2.13. The average molecular weight is 501 g/mol. The van der Waals surface area contributed by atoms with Crippen molar-refractivity contribution < 1.29 is 9.47 Å². The highest BCUT2D eigenvalue weighted by molar-refractivity contribution is 4.63. The van der Waals surface area contributed by atoms with Gasteiger partial charge in [-0.25, -0.2) is 0 Å². The normalized spacial score (nSPS) is 12.4. The number of rotatable bonds is 31. The molecule has 0 rings (SSSR count). The molecule has 0 aliphatic heterocycles. The first-order valence-electron chi connectivity index (χ1n) is 15.4. The van der Waals surface area contributed by atoms with Gasteiger partial charge in [-0.2, -0.15) is 0 Å². The number of ether oxygens (including phenoxy) is 2. The van der Waals surface area contributed by atoms with Crippen LogP contribution in [0, 0.1) is 0 Å². The molecule has 0 aromatic carbocycles. The van der Waals surface area contributed by atoms with Crippen molar-refractivity contribution in [3.05, 3.63) is 0 Å². The predicted molar refractivity (Wildman–Crippen MR) is 153 cm³/mol. The topological polar surface area (TPSA) is 80.6 Å². The first-order valence-corrected chi connectivity index (χ1v) is 15.4. The van der Waals surface area contributed by atoms with Crippen molar-refractivity contribution in [3.8, 4) is 0 Å². The van der Waals surface area contributed by atoms with Gasteiger partial charge in [0.2, 0.25) is 0 Å². The summed E-state index contributed by atoms with van der Waals surface area (Å²) in [7, 11) is 0. The fraction of sp³-hybridized carbons (Fsp3) is 1.00. The van der Waals surface area contributed by atoms with E-state index in [0.717, 1.165) is 52.5 Å². The zero-order valence-corrected chi connectivity index (χ0v) is 23.9. The lowest BCUT2D eigenvalue weighted by Crippen LogP contribution is -2.38. The Balaban J connectivity index is 3.33. The fourth-order valence-electron chi connectivity index (χ4n) is 4.34. The molecule has 0 heterocycles. The zero-order chi connectivity index (χ0) is 25.5. The maximum atomic E-state index is 5.90. The largest absolute Gasteiger partial charge is 0.379 e. The van der Waals surface area contributed by atoms with E-state index in [2.05, 4.69) is 29.8 Å². The van der Waals surface area contributed by atoms with Gasteiger partial charge in [0.15, 0.2) is 0 Å². The molecule has 0 aliphatic rings. The molecule has 0 spiro atoms. The fourth-order valence-corrected chi connectivity index (χ4v) is 4.34. The molecule has 5 N–H and O–H groups in total. The number of hydrogen-bond donors (Lipinski definition) is 4. The van der Waals surface area contributed by atoms with Crippen molar-refractivity contribution in [2.45, 2.75) is 123 Å². The van der Waals surface area contributed by atoms with Gasteiger partial charge in [0.05, 0.1) is 12.7 Å². The van der Waals surface area contributed by atoms with Crippen molar-refractivity contribution >= 4 is 0 Å². The first-order chi connectivity index (χ1) is 17.3. The van der Waals surface area contributed by atoms with Crippen LogP contribution < -0.4 is 21.7 Å². The molecular formula is C29H64N4O2. The van der Waals surface area contributed by atoms with Gasteiger partial charge in [-0.1, -0.05) is 103 Å². The maximum absolute atomic E-state index is 5.90. The van der Waals surface area contributed by atoms with Crippen LogP contribution in [0.25, 0.3) is 0 Å². The van der Waals surface area contributed by atoms with E-state index in [-0.39, 0.29) is 6.10 Å². The molecule has 35 heavy (non-hydrogen) atoms. The number of nitrogens with two attached hydrogens (primary N) is 1. The molecule has 0 fully saturated rings. The van der Waals surface area contributed by atoms with Crippen molar-refractivity contribution in [3.63, 3.8) is 0 Å². The van der Waals surface area contributed by atoms with E-state index < -0.39 is 0 Å². The summed E-state index contributed by atoms with van der Waals surface area (Å²) in [5.41, 5.74) is 5.46. The molecule has 0 amide bonds. The van der Waals surface area contributed by atoms with E-state index in [1.807, 2.05) is 0 Å². The first kappa shape index (κ1) is 34.8. The second-order valence-corrected chi connectivity index (χ2v) is 9.95. The van der Waals surface area contributed by atoms with E-state index >= 15 is 0 Å². The average Bonchev–Trinajstić information content (AvgIpc) is 2.86. The van der Waals surface area contributed by atoms with Crippen LogP contribution in [0.1, 0.15) is 117 Å². The quantitative estimate of drug-likeness (QED) is 0.0955. The third-order valence-corrected chi connectivity index (χ3v) is 6.50. The van der Waals surface area contributed by atoms with Crippen LogP contribution in [0.3, 0.4) is 0 Å². The van der Waals surface area contributed by atoms with Crippen LogP contribution >= 0.6 is 0 Å². The molecule has 0 bridgehead atoms. The SMILES string of the molecule is CCCCCCCCCCCCCCCCCCOCC(CNCCNCCNCCN)OCC. The summed E-state index contributed by atoms with van der Waals surface area (Å²) in [5, 5.41) is 10.2. The van der Waals surface area contributed by atoms with Gasteiger partial charge in [0.1, 0.15) is 0 Å². The van der Waals surface area contributed by atoms with Gasteiger partial charge in [-0.3, -0.25) is 0 Å². The van der Waals surface area contributed by atoms with Crippen LogP contribution in [0.4, 0.5) is 0 Å². The van der Waals surface area contributed by atoms with E-state index in [1.54, 1.807) is 0 Å². The highest BCUT2D eigenvalue weighted by atomic mass is 16.5. The summed E-state index contributed by atoms with van der Waals surface area (Å²) in [6, 6.07) is 0. The minimum absolute atomic E-state index is 0.146. The van der Waals surface area contributed by atoms with Crippen molar-refractivity contribution in [2.24, 2.45) is 5.73 Å². The smallest absolute Gasteiger partial charge is 0.0932 e. The lowest BCUT2D eigenvalue weighted by molar-refractivity contribution is -0.0113.